The predicted molar refractivity (Wildman–Crippen MR) is 84.3 cm³/mol. The number of amides is 1. The van der Waals surface area contributed by atoms with Gasteiger partial charge in [0.2, 0.25) is 5.91 Å². The minimum atomic E-state index is -1.45. The molecule has 122 valence electrons. The van der Waals surface area contributed by atoms with E-state index in [2.05, 4.69) is 5.32 Å². The van der Waals surface area contributed by atoms with Crippen molar-refractivity contribution < 1.29 is 18.7 Å². The van der Waals surface area contributed by atoms with Gasteiger partial charge in [-0.2, -0.15) is 5.26 Å². The number of ether oxygens (including phenoxy) is 1. The lowest BCUT2D eigenvalue weighted by Gasteiger charge is -2.10. The van der Waals surface area contributed by atoms with Gasteiger partial charge in [0, 0.05) is 6.54 Å². The van der Waals surface area contributed by atoms with Crippen LogP contribution in [0.15, 0.2) is 54.6 Å². The number of Topliss-reactive ketones (excluding diaryl/α,β-unsaturated/α-hetero) is 1. The van der Waals surface area contributed by atoms with Gasteiger partial charge in [-0.3, -0.25) is 9.59 Å². The number of carbonyl (C=O) groups excluding carboxylic acids is 2. The number of ketones is 1. The minimum Gasteiger partial charge on any atom is -0.486 e. The first-order valence-electron chi connectivity index (χ1n) is 7.22. The molecular weight excluding hydrogens is 311 g/mol. The molecule has 0 aromatic heterocycles. The fourth-order valence-electron chi connectivity index (χ4n) is 1.93. The van der Waals surface area contributed by atoms with Gasteiger partial charge in [-0.1, -0.05) is 30.3 Å². The van der Waals surface area contributed by atoms with Crippen LogP contribution in [-0.4, -0.2) is 18.3 Å². The lowest BCUT2D eigenvalue weighted by molar-refractivity contribution is -0.132. The fourth-order valence-corrected chi connectivity index (χ4v) is 1.93. The van der Waals surface area contributed by atoms with Gasteiger partial charge >= 0.3 is 0 Å². The van der Waals surface area contributed by atoms with E-state index < -0.39 is 30.0 Å². The summed E-state index contributed by atoms with van der Waals surface area (Å²) in [6.07, 6.45) is 0. The molecule has 0 fully saturated rings. The number of halogens is 1. The van der Waals surface area contributed by atoms with Crippen LogP contribution in [0.1, 0.15) is 5.56 Å². The SMILES string of the molecule is N#C[C@H](C(=O)COc1ccc(F)cc1)C(=O)NCc1ccccc1. The van der Waals surface area contributed by atoms with E-state index in [1.165, 1.54) is 24.3 Å². The van der Waals surface area contributed by atoms with Crippen molar-refractivity contribution in [3.05, 3.63) is 66.0 Å². The molecule has 0 heterocycles. The summed E-state index contributed by atoms with van der Waals surface area (Å²) in [7, 11) is 0. The van der Waals surface area contributed by atoms with Crippen molar-refractivity contribution in [2.24, 2.45) is 5.92 Å². The molecule has 0 bridgehead atoms. The molecular formula is C18H15FN2O3. The highest BCUT2D eigenvalue weighted by molar-refractivity contribution is 6.04. The Kier molecular flexibility index (Phi) is 6.03. The third-order valence-electron chi connectivity index (χ3n) is 3.22. The number of rotatable bonds is 7. The summed E-state index contributed by atoms with van der Waals surface area (Å²) in [6.45, 7) is -0.216. The third kappa shape index (κ3) is 4.92. The normalized spacial score (nSPS) is 11.2. The molecule has 0 saturated heterocycles. The zero-order chi connectivity index (χ0) is 17.4. The maximum Gasteiger partial charge on any atom is 0.245 e. The lowest BCUT2D eigenvalue weighted by Crippen LogP contribution is -2.36. The van der Waals surface area contributed by atoms with Crippen LogP contribution in [0.4, 0.5) is 4.39 Å². The Hall–Kier alpha value is -3.20. The van der Waals surface area contributed by atoms with Crippen LogP contribution in [0, 0.1) is 23.1 Å². The van der Waals surface area contributed by atoms with Gasteiger partial charge in [-0.15, -0.1) is 0 Å². The summed E-state index contributed by atoms with van der Waals surface area (Å²) in [6, 6.07) is 15.9. The highest BCUT2D eigenvalue weighted by Gasteiger charge is 2.26. The number of benzene rings is 2. The van der Waals surface area contributed by atoms with E-state index in [4.69, 9.17) is 10.00 Å². The molecule has 0 aliphatic heterocycles. The van der Waals surface area contributed by atoms with E-state index in [0.717, 1.165) is 5.56 Å². The van der Waals surface area contributed by atoms with Crippen molar-refractivity contribution in [2.75, 3.05) is 6.61 Å². The van der Waals surface area contributed by atoms with Crippen molar-refractivity contribution in [1.82, 2.24) is 5.32 Å². The summed E-state index contributed by atoms with van der Waals surface area (Å²) < 4.78 is 18.0. The second kappa shape index (κ2) is 8.44. The first kappa shape index (κ1) is 17.2. The summed E-state index contributed by atoms with van der Waals surface area (Å²) in [5.41, 5.74) is 0.859. The zero-order valence-electron chi connectivity index (χ0n) is 12.7. The maximum atomic E-state index is 12.8. The van der Waals surface area contributed by atoms with E-state index in [0.29, 0.717) is 0 Å². The van der Waals surface area contributed by atoms with Crippen LogP contribution in [0.2, 0.25) is 0 Å². The summed E-state index contributed by atoms with van der Waals surface area (Å²) in [4.78, 5) is 24.0. The average molecular weight is 326 g/mol. The molecule has 6 heteroatoms. The Morgan fingerprint density at radius 2 is 1.79 bits per heavy atom. The van der Waals surface area contributed by atoms with Crippen LogP contribution < -0.4 is 10.1 Å². The molecule has 0 spiro atoms. The largest absolute Gasteiger partial charge is 0.486 e. The molecule has 2 rings (SSSR count). The van der Waals surface area contributed by atoms with Gasteiger partial charge in [-0.25, -0.2) is 4.39 Å². The quantitative estimate of drug-likeness (QED) is 0.791. The standard InChI is InChI=1S/C18H15FN2O3/c19-14-6-8-15(9-7-14)24-12-17(22)16(10-20)18(23)21-11-13-4-2-1-3-5-13/h1-9,16H,11-12H2,(H,21,23)/t16-/m1/s1. The first-order valence-corrected chi connectivity index (χ1v) is 7.22. The van der Waals surface area contributed by atoms with E-state index in [-0.39, 0.29) is 12.3 Å². The van der Waals surface area contributed by atoms with Crippen LogP contribution in [-0.2, 0) is 16.1 Å². The molecule has 1 amide bonds. The topological polar surface area (TPSA) is 79.2 Å². The van der Waals surface area contributed by atoms with E-state index >= 15 is 0 Å². The number of hydrogen-bond acceptors (Lipinski definition) is 4. The monoisotopic (exact) mass is 326 g/mol. The van der Waals surface area contributed by atoms with E-state index in [1.807, 2.05) is 30.3 Å². The van der Waals surface area contributed by atoms with Crippen LogP contribution in [0.5, 0.6) is 5.75 Å². The average Bonchev–Trinajstić information content (AvgIpc) is 2.61. The van der Waals surface area contributed by atoms with Crippen molar-refractivity contribution >= 4 is 11.7 Å². The molecule has 0 aliphatic carbocycles. The Morgan fingerprint density at radius 1 is 1.12 bits per heavy atom. The Labute approximate surface area is 138 Å². The molecule has 0 unspecified atom stereocenters. The fraction of sp³-hybridized carbons (Fsp3) is 0.167. The number of nitriles is 1. The van der Waals surface area contributed by atoms with Crippen molar-refractivity contribution in [3.63, 3.8) is 0 Å². The van der Waals surface area contributed by atoms with Gasteiger partial charge in [-0.05, 0) is 29.8 Å². The third-order valence-corrected chi connectivity index (χ3v) is 3.22. The van der Waals surface area contributed by atoms with Crippen LogP contribution in [0.3, 0.4) is 0 Å². The number of nitrogens with zero attached hydrogens (tertiary/aromatic N) is 1. The summed E-state index contributed by atoms with van der Waals surface area (Å²) in [5.74, 6) is -2.93. The Balaban J connectivity index is 1.87. The smallest absolute Gasteiger partial charge is 0.245 e. The van der Waals surface area contributed by atoms with Gasteiger partial charge in [0.15, 0.2) is 11.7 Å². The van der Waals surface area contributed by atoms with E-state index in [9.17, 15) is 14.0 Å². The molecule has 0 radical (unpaired) electrons. The van der Waals surface area contributed by atoms with Gasteiger partial charge in [0.25, 0.3) is 0 Å². The molecule has 2 aromatic rings. The Morgan fingerprint density at radius 3 is 2.42 bits per heavy atom. The van der Waals surface area contributed by atoms with Crippen LogP contribution >= 0.6 is 0 Å². The summed E-state index contributed by atoms with van der Waals surface area (Å²) >= 11 is 0. The van der Waals surface area contributed by atoms with Gasteiger partial charge < -0.3 is 10.1 Å². The first-order chi connectivity index (χ1) is 11.6. The Bertz CT molecular complexity index is 739. The predicted octanol–water partition coefficient (Wildman–Crippen LogP) is 2.23. The highest BCUT2D eigenvalue weighted by atomic mass is 19.1. The molecule has 5 nitrogen and oxygen atoms in total. The van der Waals surface area contributed by atoms with E-state index in [1.54, 1.807) is 6.07 Å². The highest BCUT2D eigenvalue weighted by Crippen LogP contribution is 2.11. The number of hydrogen-bond donors (Lipinski definition) is 1. The summed E-state index contributed by atoms with van der Waals surface area (Å²) in [5, 5.41) is 11.6. The van der Waals surface area contributed by atoms with Gasteiger partial charge in [0.05, 0.1) is 6.07 Å². The number of nitrogens with one attached hydrogen (secondary N) is 1. The maximum absolute atomic E-state index is 12.8. The lowest BCUT2D eigenvalue weighted by atomic mass is 10.1. The molecule has 1 atom stereocenters. The van der Waals surface area contributed by atoms with Crippen LogP contribution in [0.25, 0.3) is 0 Å². The molecule has 24 heavy (non-hydrogen) atoms. The second-order valence-electron chi connectivity index (χ2n) is 4.97. The number of carbonyl (C=O) groups is 2. The molecule has 1 N–H and O–H groups in total. The van der Waals surface area contributed by atoms with Crippen molar-refractivity contribution in [3.8, 4) is 11.8 Å². The second-order valence-corrected chi connectivity index (χ2v) is 4.97. The molecule has 0 aliphatic rings. The molecule has 2 aromatic carbocycles. The zero-order valence-corrected chi connectivity index (χ0v) is 12.7. The van der Waals surface area contributed by atoms with Crippen molar-refractivity contribution in [1.29, 1.82) is 5.26 Å². The molecule has 0 saturated carbocycles. The minimum absolute atomic E-state index is 0.226. The van der Waals surface area contributed by atoms with Crippen molar-refractivity contribution in [2.45, 2.75) is 6.54 Å². The van der Waals surface area contributed by atoms with Gasteiger partial charge in [0.1, 0.15) is 18.2 Å².